The van der Waals surface area contributed by atoms with Crippen molar-refractivity contribution in [3.05, 3.63) is 11.1 Å². The van der Waals surface area contributed by atoms with Gasteiger partial charge in [0, 0.05) is 26.5 Å². The molecular formula is C11H17N3O3S. The molecule has 0 aliphatic rings. The fourth-order valence-electron chi connectivity index (χ4n) is 1.31. The lowest BCUT2D eigenvalue weighted by Gasteiger charge is -2.23. The summed E-state index contributed by atoms with van der Waals surface area (Å²) in [5.74, 6) is -0.392. The summed E-state index contributed by atoms with van der Waals surface area (Å²) < 4.78 is 5.00. The molecule has 1 aromatic heterocycles. The van der Waals surface area contributed by atoms with Crippen LogP contribution in [0.2, 0.25) is 0 Å². The third kappa shape index (κ3) is 3.78. The van der Waals surface area contributed by atoms with E-state index in [0.29, 0.717) is 17.4 Å². The zero-order valence-corrected chi connectivity index (χ0v) is 11.7. The highest BCUT2D eigenvalue weighted by Gasteiger charge is 2.20. The van der Waals surface area contributed by atoms with E-state index in [0.717, 1.165) is 0 Å². The van der Waals surface area contributed by atoms with Crippen molar-refractivity contribution in [1.82, 2.24) is 9.88 Å². The topological polar surface area (TPSA) is 71.5 Å². The average Bonchev–Trinajstić information content (AvgIpc) is 2.75. The molecule has 100 valence electrons. The molecule has 0 aromatic carbocycles. The van der Waals surface area contributed by atoms with Gasteiger partial charge in [0.2, 0.25) is 5.91 Å². The van der Waals surface area contributed by atoms with Crippen LogP contribution in [0.3, 0.4) is 0 Å². The molecule has 1 rings (SSSR count). The highest BCUT2D eigenvalue weighted by Crippen LogP contribution is 2.17. The fraction of sp³-hybridized carbons (Fsp3) is 0.545. The van der Waals surface area contributed by atoms with Crippen LogP contribution in [0.15, 0.2) is 5.38 Å². The van der Waals surface area contributed by atoms with Crippen LogP contribution in [0.4, 0.5) is 5.13 Å². The number of carbonyl (C=O) groups excluding carboxylic acids is 2. The van der Waals surface area contributed by atoms with Gasteiger partial charge in [-0.25, -0.2) is 4.98 Å². The molecule has 2 amide bonds. The number of rotatable bonds is 5. The Morgan fingerprint density at radius 2 is 2.28 bits per heavy atom. The van der Waals surface area contributed by atoms with Crippen molar-refractivity contribution in [2.45, 2.75) is 19.9 Å². The molecule has 0 saturated heterocycles. The number of amides is 2. The first kappa shape index (κ1) is 14.6. The molecule has 0 radical (unpaired) electrons. The van der Waals surface area contributed by atoms with Gasteiger partial charge < -0.3 is 15.0 Å². The number of thiazole rings is 1. The third-order valence-electron chi connectivity index (χ3n) is 2.40. The lowest BCUT2D eigenvalue weighted by molar-refractivity contribution is -0.114. The number of nitrogens with one attached hydrogen (secondary N) is 1. The van der Waals surface area contributed by atoms with Gasteiger partial charge in [0.15, 0.2) is 5.13 Å². The number of hydrogen-bond acceptors (Lipinski definition) is 5. The lowest BCUT2D eigenvalue weighted by Crippen LogP contribution is -2.37. The molecule has 1 N–H and O–H groups in total. The quantitative estimate of drug-likeness (QED) is 0.873. The van der Waals surface area contributed by atoms with Crippen LogP contribution in [-0.2, 0) is 9.53 Å². The van der Waals surface area contributed by atoms with E-state index in [1.54, 1.807) is 24.4 Å². The van der Waals surface area contributed by atoms with Gasteiger partial charge in [-0.1, -0.05) is 0 Å². The van der Waals surface area contributed by atoms with E-state index < -0.39 is 0 Å². The maximum absolute atomic E-state index is 12.1. The Morgan fingerprint density at radius 1 is 1.61 bits per heavy atom. The van der Waals surface area contributed by atoms with E-state index in [4.69, 9.17) is 4.74 Å². The van der Waals surface area contributed by atoms with Gasteiger partial charge in [0.1, 0.15) is 5.69 Å². The summed E-state index contributed by atoms with van der Waals surface area (Å²) in [6.07, 6.45) is 0. The highest BCUT2D eigenvalue weighted by atomic mass is 32.1. The highest BCUT2D eigenvalue weighted by molar-refractivity contribution is 7.14. The predicted octanol–water partition coefficient (Wildman–Crippen LogP) is 1.21. The third-order valence-corrected chi connectivity index (χ3v) is 3.15. The number of hydrogen-bond donors (Lipinski definition) is 1. The van der Waals surface area contributed by atoms with Gasteiger partial charge in [-0.15, -0.1) is 11.3 Å². The molecular weight excluding hydrogens is 254 g/mol. The van der Waals surface area contributed by atoms with Crippen molar-refractivity contribution in [3.63, 3.8) is 0 Å². The summed E-state index contributed by atoms with van der Waals surface area (Å²) in [7, 11) is 3.29. The number of likely N-dealkylation sites (N-methyl/N-ethyl adjacent to an activating group) is 1. The van der Waals surface area contributed by atoms with Gasteiger partial charge in [0.05, 0.1) is 12.6 Å². The average molecular weight is 271 g/mol. The van der Waals surface area contributed by atoms with Gasteiger partial charge in [0.25, 0.3) is 5.91 Å². The Balaban J connectivity index is 2.71. The summed E-state index contributed by atoms with van der Waals surface area (Å²) in [5, 5.41) is 4.60. The van der Waals surface area contributed by atoms with E-state index in [2.05, 4.69) is 10.3 Å². The number of aromatic nitrogens is 1. The summed E-state index contributed by atoms with van der Waals surface area (Å²) >= 11 is 1.23. The molecule has 7 heteroatoms. The standard InChI is InChI=1S/C11H17N3O3S/c1-7(5-17-4)14(3)10(16)9-6-18-11(13-9)12-8(2)15/h6-7H,5H2,1-4H3,(H,12,13,15). The van der Waals surface area contributed by atoms with Crippen molar-refractivity contribution in [2.24, 2.45) is 0 Å². The SMILES string of the molecule is COCC(C)N(C)C(=O)c1csc(NC(C)=O)n1. The number of carbonyl (C=O) groups is 2. The number of methoxy groups -OCH3 is 1. The van der Waals surface area contributed by atoms with Crippen molar-refractivity contribution >= 4 is 28.3 Å². The van der Waals surface area contributed by atoms with Crippen LogP contribution >= 0.6 is 11.3 Å². The van der Waals surface area contributed by atoms with Crippen LogP contribution in [0.5, 0.6) is 0 Å². The van der Waals surface area contributed by atoms with Crippen LogP contribution in [0.25, 0.3) is 0 Å². The summed E-state index contributed by atoms with van der Waals surface area (Å²) in [5.41, 5.74) is 0.328. The van der Waals surface area contributed by atoms with Gasteiger partial charge in [-0.2, -0.15) is 0 Å². The minimum absolute atomic E-state index is 0.0339. The van der Waals surface area contributed by atoms with E-state index in [1.165, 1.54) is 18.3 Å². The summed E-state index contributed by atoms with van der Waals surface area (Å²) in [4.78, 5) is 28.6. The number of ether oxygens (including phenoxy) is 1. The smallest absolute Gasteiger partial charge is 0.273 e. The second kappa shape index (κ2) is 6.46. The molecule has 6 nitrogen and oxygen atoms in total. The zero-order chi connectivity index (χ0) is 13.7. The normalized spacial score (nSPS) is 12.0. The van der Waals surface area contributed by atoms with Crippen LogP contribution in [0, 0.1) is 0 Å². The molecule has 0 saturated carbocycles. The largest absolute Gasteiger partial charge is 0.383 e. The lowest BCUT2D eigenvalue weighted by atomic mass is 10.3. The molecule has 0 bridgehead atoms. The molecule has 1 heterocycles. The molecule has 0 aliphatic carbocycles. The summed E-state index contributed by atoms with van der Waals surface area (Å²) in [6, 6.07) is -0.0339. The van der Waals surface area contributed by atoms with E-state index in [9.17, 15) is 9.59 Å². The molecule has 18 heavy (non-hydrogen) atoms. The monoisotopic (exact) mass is 271 g/mol. The van der Waals surface area contributed by atoms with Crippen LogP contribution in [0.1, 0.15) is 24.3 Å². The Labute approximate surface area is 110 Å². The second-order valence-electron chi connectivity index (χ2n) is 3.94. The minimum atomic E-state index is -0.204. The number of anilines is 1. The Bertz CT molecular complexity index is 433. The molecule has 0 aliphatic heterocycles. The van der Waals surface area contributed by atoms with E-state index in [-0.39, 0.29) is 17.9 Å². The van der Waals surface area contributed by atoms with Crippen LogP contribution in [-0.4, -0.2) is 48.5 Å². The maximum Gasteiger partial charge on any atom is 0.273 e. The fourth-order valence-corrected chi connectivity index (χ4v) is 2.04. The first-order valence-electron chi connectivity index (χ1n) is 5.45. The first-order valence-corrected chi connectivity index (χ1v) is 6.33. The van der Waals surface area contributed by atoms with Crippen molar-refractivity contribution < 1.29 is 14.3 Å². The van der Waals surface area contributed by atoms with Crippen LogP contribution < -0.4 is 5.32 Å². The molecule has 1 atom stereocenters. The van der Waals surface area contributed by atoms with Crippen molar-refractivity contribution in [2.75, 3.05) is 26.1 Å². The number of nitrogens with zero attached hydrogens (tertiary/aromatic N) is 2. The predicted molar refractivity (Wildman–Crippen MR) is 69.8 cm³/mol. The van der Waals surface area contributed by atoms with E-state index in [1.807, 2.05) is 6.92 Å². The molecule has 1 aromatic rings. The molecule has 1 unspecified atom stereocenters. The minimum Gasteiger partial charge on any atom is -0.383 e. The Kier molecular flexibility index (Phi) is 5.24. The Hall–Kier alpha value is -1.47. The van der Waals surface area contributed by atoms with E-state index >= 15 is 0 Å². The first-order chi connectivity index (χ1) is 8.45. The Morgan fingerprint density at radius 3 is 2.83 bits per heavy atom. The molecule has 0 fully saturated rings. The van der Waals surface area contributed by atoms with Gasteiger partial charge in [-0.3, -0.25) is 9.59 Å². The maximum atomic E-state index is 12.1. The van der Waals surface area contributed by atoms with Crippen molar-refractivity contribution in [3.8, 4) is 0 Å². The summed E-state index contributed by atoms with van der Waals surface area (Å²) in [6.45, 7) is 3.75. The van der Waals surface area contributed by atoms with Crippen molar-refractivity contribution in [1.29, 1.82) is 0 Å². The van der Waals surface area contributed by atoms with Gasteiger partial charge in [-0.05, 0) is 6.92 Å². The second-order valence-corrected chi connectivity index (χ2v) is 4.80. The zero-order valence-electron chi connectivity index (χ0n) is 10.9. The molecule has 0 spiro atoms. The van der Waals surface area contributed by atoms with Gasteiger partial charge >= 0.3 is 0 Å².